The number of rotatable bonds is 4. The second-order valence-electron chi connectivity index (χ2n) is 4.78. The average Bonchev–Trinajstić information content (AvgIpc) is 2.48. The van der Waals surface area contributed by atoms with Crippen molar-refractivity contribution in [3.8, 4) is 0 Å². The average molecular weight is 319 g/mol. The number of benzene rings is 2. The molecule has 2 N–H and O–H groups in total. The number of hydrogen-bond acceptors (Lipinski definition) is 2. The van der Waals surface area contributed by atoms with Gasteiger partial charge in [-0.05, 0) is 35.9 Å². The molecule has 0 saturated carbocycles. The first-order valence-electron chi connectivity index (χ1n) is 6.51. The second-order valence-corrected chi connectivity index (χ2v) is 7.02. The summed E-state index contributed by atoms with van der Waals surface area (Å²) in [6, 6.07) is 13.8. The molecule has 0 aliphatic carbocycles. The highest BCUT2D eigenvalue weighted by Crippen LogP contribution is 2.44. The Morgan fingerprint density at radius 3 is 2.27 bits per heavy atom. The molecule has 1 atom stereocenters. The molecule has 2 aromatic rings. The standard InChI is InChI=1S/C16H15FNO3P/c1-22(20,21)15(11-12-7-9-14(17)10-8-12)18-16(19)13-5-3-2-4-6-13/h2-11H,1H3,(H,18,19)(H,20,21)/b15-11+. The van der Waals surface area contributed by atoms with Gasteiger partial charge in [-0.25, -0.2) is 4.39 Å². The summed E-state index contributed by atoms with van der Waals surface area (Å²) in [4.78, 5) is 21.9. The zero-order chi connectivity index (χ0) is 16.2. The lowest BCUT2D eigenvalue weighted by Gasteiger charge is -2.13. The van der Waals surface area contributed by atoms with E-state index in [-0.39, 0.29) is 5.44 Å². The van der Waals surface area contributed by atoms with Gasteiger partial charge in [0.2, 0.25) is 7.37 Å². The van der Waals surface area contributed by atoms with Gasteiger partial charge in [0.1, 0.15) is 11.3 Å². The quantitative estimate of drug-likeness (QED) is 0.848. The molecule has 0 saturated heterocycles. The molecule has 0 fully saturated rings. The molecule has 0 aromatic heterocycles. The van der Waals surface area contributed by atoms with Crippen molar-refractivity contribution in [3.05, 3.63) is 77.0 Å². The van der Waals surface area contributed by atoms with Gasteiger partial charge in [0, 0.05) is 12.2 Å². The first-order valence-corrected chi connectivity index (χ1v) is 8.61. The smallest absolute Gasteiger partial charge is 0.255 e. The van der Waals surface area contributed by atoms with Gasteiger partial charge in [0.05, 0.1) is 0 Å². The topological polar surface area (TPSA) is 66.4 Å². The van der Waals surface area contributed by atoms with Crippen LogP contribution >= 0.6 is 7.37 Å². The molecule has 0 bridgehead atoms. The molecule has 1 unspecified atom stereocenters. The molecule has 1 amide bonds. The molecule has 0 heterocycles. The number of amides is 1. The minimum atomic E-state index is -3.69. The Labute approximate surface area is 127 Å². The van der Waals surface area contributed by atoms with Crippen LogP contribution in [0.4, 0.5) is 4.39 Å². The third kappa shape index (κ3) is 4.38. The molecule has 6 heteroatoms. The van der Waals surface area contributed by atoms with Crippen LogP contribution in [0.2, 0.25) is 0 Å². The van der Waals surface area contributed by atoms with E-state index in [1.807, 2.05) is 0 Å². The third-order valence-corrected chi connectivity index (χ3v) is 4.03. The van der Waals surface area contributed by atoms with Gasteiger partial charge in [0.25, 0.3) is 5.91 Å². The molecule has 2 aromatic carbocycles. The number of carbonyl (C=O) groups excluding carboxylic acids is 1. The summed E-state index contributed by atoms with van der Waals surface area (Å²) in [7, 11) is -3.69. The van der Waals surface area contributed by atoms with Crippen LogP contribution in [-0.4, -0.2) is 17.5 Å². The fraction of sp³-hybridized carbons (Fsp3) is 0.0625. The molecular formula is C16H15FNO3P. The Bertz CT molecular complexity index is 736. The van der Waals surface area contributed by atoms with Crippen LogP contribution in [-0.2, 0) is 4.57 Å². The molecule has 22 heavy (non-hydrogen) atoms. The van der Waals surface area contributed by atoms with E-state index < -0.39 is 19.1 Å². The van der Waals surface area contributed by atoms with Gasteiger partial charge in [0.15, 0.2) is 0 Å². The van der Waals surface area contributed by atoms with E-state index in [0.29, 0.717) is 11.1 Å². The number of halogens is 1. The zero-order valence-electron chi connectivity index (χ0n) is 11.9. The number of carbonyl (C=O) groups is 1. The van der Waals surface area contributed by atoms with Crippen molar-refractivity contribution in [2.24, 2.45) is 0 Å². The second kappa shape index (κ2) is 6.69. The minimum Gasteiger partial charge on any atom is -0.340 e. The Hall–Kier alpha value is -2.23. The van der Waals surface area contributed by atoms with E-state index in [1.54, 1.807) is 30.3 Å². The van der Waals surface area contributed by atoms with Gasteiger partial charge in [-0.1, -0.05) is 30.3 Å². The predicted molar refractivity (Wildman–Crippen MR) is 84.0 cm³/mol. The van der Waals surface area contributed by atoms with E-state index in [4.69, 9.17) is 0 Å². The van der Waals surface area contributed by atoms with Crippen molar-refractivity contribution in [1.29, 1.82) is 0 Å². The van der Waals surface area contributed by atoms with Gasteiger partial charge >= 0.3 is 0 Å². The fourth-order valence-electron chi connectivity index (χ4n) is 1.75. The summed E-state index contributed by atoms with van der Waals surface area (Å²) in [6.45, 7) is 1.13. The van der Waals surface area contributed by atoms with Crippen molar-refractivity contribution in [2.75, 3.05) is 6.66 Å². The summed E-state index contributed by atoms with van der Waals surface area (Å²) < 4.78 is 24.8. The zero-order valence-corrected chi connectivity index (χ0v) is 12.8. The van der Waals surface area contributed by atoms with Crippen molar-refractivity contribution in [1.82, 2.24) is 5.32 Å². The Morgan fingerprint density at radius 2 is 1.73 bits per heavy atom. The minimum absolute atomic E-state index is 0.104. The largest absolute Gasteiger partial charge is 0.340 e. The molecule has 2 rings (SSSR count). The van der Waals surface area contributed by atoms with Gasteiger partial charge in [-0.2, -0.15) is 0 Å². The summed E-state index contributed by atoms with van der Waals surface area (Å²) >= 11 is 0. The first kappa shape index (κ1) is 16.1. The maximum absolute atomic E-state index is 12.9. The maximum atomic E-state index is 12.9. The van der Waals surface area contributed by atoms with Crippen LogP contribution in [0.5, 0.6) is 0 Å². The van der Waals surface area contributed by atoms with Crippen LogP contribution in [0.25, 0.3) is 6.08 Å². The SMILES string of the molecule is CP(=O)(O)/C(=C/c1ccc(F)cc1)NC(=O)c1ccccc1. The van der Waals surface area contributed by atoms with E-state index in [0.717, 1.165) is 6.66 Å². The van der Waals surface area contributed by atoms with Crippen molar-refractivity contribution < 1.29 is 18.6 Å². The molecule has 0 aliphatic heterocycles. The molecule has 0 aliphatic rings. The Balaban J connectivity index is 2.30. The lowest BCUT2D eigenvalue weighted by Crippen LogP contribution is -2.22. The van der Waals surface area contributed by atoms with E-state index in [1.165, 1.54) is 30.3 Å². The van der Waals surface area contributed by atoms with E-state index in [9.17, 15) is 18.6 Å². The Kier molecular flexibility index (Phi) is 4.91. The predicted octanol–water partition coefficient (Wildman–Crippen LogP) is 3.45. The summed E-state index contributed by atoms with van der Waals surface area (Å²) in [5.74, 6) is -0.888. The van der Waals surface area contributed by atoms with Crippen LogP contribution in [0.3, 0.4) is 0 Å². The molecular weight excluding hydrogens is 304 g/mol. The van der Waals surface area contributed by atoms with Crippen LogP contribution in [0.1, 0.15) is 15.9 Å². The summed E-state index contributed by atoms with van der Waals surface area (Å²) in [6.07, 6.45) is 1.36. The van der Waals surface area contributed by atoms with Crippen molar-refractivity contribution in [3.63, 3.8) is 0 Å². The maximum Gasteiger partial charge on any atom is 0.255 e. The third-order valence-electron chi connectivity index (χ3n) is 2.90. The molecule has 114 valence electrons. The monoisotopic (exact) mass is 319 g/mol. The number of hydrogen-bond donors (Lipinski definition) is 2. The Morgan fingerprint density at radius 1 is 1.14 bits per heavy atom. The normalized spacial score (nSPS) is 14.2. The van der Waals surface area contributed by atoms with Crippen LogP contribution in [0.15, 0.2) is 60.0 Å². The van der Waals surface area contributed by atoms with Crippen LogP contribution in [0, 0.1) is 5.82 Å². The summed E-state index contributed by atoms with van der Waals surface area (Å²) in [5.41, 5.74) is 0.787. The highest BCUT2D eigenvalue weighted by atomic mass is 31.2. The van der Waals surface area contributed by atoms with E-state index >= 15 is 0 Å². The van der Waals surface area contributed by atoms with Gasteiger partial charge < -0.3 is 10.2 Å². The molecule has 0 spiro atoms. The first-order chi connectivity index (χ1) is 10.4. The fourth-order valence-corrected chi connectivity index (χ4v) is 2.45. The van der Waals surface area contributed by atoms with Crippen LogP contribution < -0.4 is 5.32 Å². The highest BCUT2D eigenvalue weighted by Gasteiger charge is 2.20. The van der Waals surface area contributed by atoms with E-state index in [2.05, 4.69) is 5.32 Å². The van der Waals surface area contributed by atoms with Gasteiger partial charge in [-0.3, -0.25) is 9.36 Å². The lowest BCUT2D eigenvalue weighted by atomic mass is 10.2. The van der Waals surface area contributed by atoms with Crippen molar-refractivity contribution in [2.45, 2.75) is 0 Å². The lowest BCUT2D eigenvalue weighted by molar-refractivity contribution is 0.0968. The number of nitrogens with one attached hydrogen (secondary N) is 1. The summed E-state index contributed by atoms with van der Waals surface area (Å²) in [5, 5.41) is 2.45. The van der Waals surface area contributed by atoms with Gasteiger partial charge in [-0.15, -0.1) is 0 Å². The van der Waals surface area contributed by atoms with Crippen molar-refractivity contribution >= 4 is 19.4 Å². The molecule has 0 radical (unpaired) electrons. The highest BCUT2D eigenvalue weighted by molar-refractivity contribution is 7.61. The molecule has 4 nitrogen and oxygen atoms in total.